The number of aliphatic carboxylic acids is 1. The zero-order chi connectivity index (χ0) is 8.73. The highest BCUT2D eigenvalue weighted by molar-refractivity contribution is 7.89. The van der Waals surface area contributed by atoms with Gasteiger partial charge < -0.3 is 9.66 Å². The predicted octanol–water partition coefficient (Wildman–Crippen LogP) is -0.169. The second kappa shape index (κ2) is 6.85. The van der Waals surface area contributed by atoms with E-state index in [9.17, 15) is 14.1 Å². The third-order valence-corrected chi connectivity index (χ3v) is 0.330. The van der Waals surface area contributed by atoms with Crippen LogP contribution >= 0.6 is 11.6 Å². The molecule has 0 amide bonds. The van der Waals surface area contributed by atoms with Crippen molar-refractivity contribution in [1.29, 1.82) is 0 Å². The highest BCUT2D eigenvalue weighted by Crippen LogP contribution is 1.74. The molecule has 0 saturated heterocycles. The summed E-state index contributed by atoms with van der Waals surface area (Å²) >= 11 is 3.76. The molecule has 1 N–H and O–H groups in total. The van der Waals surface area contributed by atoms with Gasteiger partial charge in [-0.25, -0.2) is 4.79 Å². The van der Waals surface area contributed by atoms with Crippen LogP contribution < -0.4 is 0 Å². The highest BCUT2D eigenvalue weighted by atomic mass is 35.5. The van der Waals surface area contributed by atoms with Gasteiger partial charge in [0.25, 0.3) is 0 Å². The van der Waals surface area contributed by atoms with E-state index < -0.39 is 22.4 Å². The minimum Gasteiger partial charge on any atom is -0.617 e. The third kappa shape index (κ3) is 25.1. The minimum absolute atomic E-state index is 0.611. The lowest BCUT2D eigenvalue weighted by Crippen LogP contribution is -2.02. The Morgan fingerprint density at radius 2 is 1.60 bits per heavy atom. The fourth-order valence-corrected chi connectivity index (χ4v) is 0. The van der Waals surface area contributed by atoms with E-state index in [1.165, 1.54) is 0 Å². The van der Waals surface area contributed by atoms with Crippen molar-refractivity contribution in [3.63, 3.8) is 0 Å². The molecule has 0 aromatic heterocycles. The van der Waals surface area contributed by atoms with Gasteiger partial charge in [0, 0.05) is 0 Å². The summed E-state index contributed by atoms with van der Waals surface area (Å²) < 4.78 is 9.56. The highest BCUT2D eigenvalue weighted by Gasteiger charge is 2.02. The molecule has 4 nitrogen and oxygen atoms in total. The Morgan fingerprint density at radius 3 is 1.60 bits per heavy atom. The maximum Gasteiger partial charge on any atom is 0.388 e. The molecule has 0 atom stereocenters. The van der Waals surface area contributed by atoms with Crippen molar-refractivity contribution in [3.05, 3.63) is 0 Å². The van der Waals surface area contributed by atoms with E-state index in [0.29, 0.717) is 0 Å². The molecular weight excluding hydrogens is 180 g/mol. The van der Waals surface area contributed by atoms with E-state index in [1.54, 1.807) is 12.5 Å². The van der Waals surface area contributed by atoms with Gasteiger partial charge in [0.05, 0.1) is 12.5 Å². The molecular formula is C4H7ClO4S. The molecule has 0 aliphatic carbocycles. The van der Waals surface area contributed by atoms with Crippen LogP contribution in [0.25, 0.3) is 0 Å². The van der Waals surface area contributed by atoms with Gasteiger partial charge in [-0.2, -0.15) is 0 Å². The number of halogens is 1. The lowest BCUT2D eigenvalue weighted by molar-refractivity contribution is -0.145. The summed E-state index contributed by atoms with van der Waals surface area (Å²) in [7, 11) is 0. The van der Waals surface area contributed by atoms with Crippen LogP contribution in [0.1, 0.15) is 0 Å². The van der Waals surface area contributed by atoms with E-state index in [1.807, 2.05) is 0 Å². The SMILES string of the molecule is C[S+](C)[O-].O=C(O)C(=O)Cl. The number of hydrogen-bond acceptors (Lipinski definition) is 3. The smallest absolute Gasteiger partial charge is 0.388 e. The number of carbonyl (C=O) groups excluding carboxylic acids is 1. The third-order valence-electron chi connectivity index (χ3n) is 0.168. The van der Waals surface area contributed by atoms with Crippen LogP contribution in [0.3, 0.4) is 0 Å². The van der Waals surface area contributed by atoms with Crippen LogP contribution in [-0.4, -0.2) is 33.4 Å². The standard InChI is InChI=1S/C2HClO3.C2H6OS/c3-1(4)2(5)6;1-4(2)3/h(H,5,6);1-2H3. The molecule has 0 aliphatic rings. The summed E-state index contributed by atoms with van der Waals surface area (Å²) in [6, 6.07) is 0. The Hall–Kier alpha value is -0.260. The first-order valence-corrected chi connectivity index (χ1v) is 4.40. The van der Waals surface area contributed by atoms with Gasteiger partial charge in [0.1, 0.15) is 0 Å². The van der Waals surface area contributed by atoms with E-state index in [4.69, 9.17) is 5.11 Å². The molecule has 0 unspecified atom stereocenters. The first-order chi connectivity index (χ1) is 4.37. The molecule has 0 radical (unpaired) electrons. The summed E-state index contributed by atoms with van der Waals surface area (Å²) in [5.74, 6) is -1.61. The Bertz CT molecular complexity index is 110. The Kier molecular flexibility index (Phi) is 8.51. The maximum absolute atomic E-state index is 9.56. The number of rotatable bonds is 1. The molecule has 0 saturated carbocycles. The fourth-order valence-electron chi connectivity index (χ4n) is 0. The average molecular weight is 187 g/mol. The lowest BCUT2D eigenvalue weighted by Gasteiger charge is -1.87. The zero-order valence-corrected chi connectivity index (χ0v) is 7.03. The van der Waals surface area contributed by atoms with Crippen LogP contribution in [0, 0.1) is 0 Å². The van der Waals surface area contributed by atoms with Gasteiger partial charge >= 0.3 is 11.2 Å². The summed E-state index contributed by atoms with van der Waals surface area (Å²) in [5.41, 5.74) is 0. The quantitative estimate of drug-likeness (QED) is 0.351. The van der Waals surface area contributed by atoms with Crippen molar-refractivity contribution in [2.24, 2.45) is 0 Å². The Morgan fingerprint density at radius 1 is 1.50 bits per heavy atom. The largest absolute Gasteiger partial charge is 0.617 e. The number of carbonyl (C=O) groups is 2. The van der Waals surface area contributed by atoms with E-state index in [2.05, 4.69) is 11.6 Å². The average Bonchev–Trinajstić information content (AvgIpc) is 1.63. The predicted molar refractivity (Wildman–Crippen MR) is 38.5 cm³/mol. The molecule has 0 bridgehead atoms. The summed E-state index contributed by atoms with van der Waals surface area (Å²) in [5, 5.41) is 6.16. The maximum atomic E-state index is 9.56. The van der Waals surface area contributed by atoms with Crippen LogP contribution in [0.15, 0.2) is 0 Å². The monoisotopic (exact) mass is 186 g/mol. The number of carboxylic acids is 1. The fraction of sp³-hybridized carbons (Fsp3) is 0.500. The summed E-state index contributed by atoms with van der Waals surface area (Å²) in [6.45, 7) is 0. The molecule has 60 valence electrons. The molecule has 0 aromatic rings. The van der Waals surface area contributed by atoms with Crippen molar-refractivity contribution in [2.45, 2.75) is 0 Å². The second-order valence-electron chi connectivity index (χ2n) is 1.32. The first-order valence-electron chi connectivity index (χ1n) is 2.05. The minimum atomic E-state index is -1.61. The van der Waals surface area contributed by atoms with E-state index in [-0.39, 0.29) is 0 Å². The van der Waals surface area contributed by atoms with Crippen molar-refractivity contribution in [2.75, 3.05) is 12.5 Å². The van der Waals surface area contributed by atoms with Crippen LogP contribution in [-0.2, 0) is 20.8 Å². The van der Waals surface area contributed by atoms with Gasteiger partial charge in [-0.05, 0) is 11.6 Å². The van der Waals surface area contributed by atoms with Crippen molar-refractivity contribution in [3.8, 4) is 0 Å². The van der Waals surface area contributed by atoms with Crippen molar-refractivity contribution >= 4 is 34.0 Å². The van der Waals surface area contributed by atoms with Gasteiger partial charge in [-0.3, -0.25) is 4.79 Å². The Labute approximate surface area is 66.4 Å². The van der Waals surface area contributed by atoms with E-state index >= 15 is 0 Å². The first kappa shape index (κ1) is 12.4. The molecule has 0 rings (SSSR count). The molecule has 0 fully saturated rings. The lowest BCUT2D eigenvalue weighted by atomic mass is 10.8. The molecule has 0 heterocycles. The number of hydrogen-bond donors (Lipinski definition) is 1. The summed E-state index contributed by atoms with van der Waals surface area (Å²) in [6.07, 6.45) is 3.28. The number of carboxylic acid groups (broad SMARTS) is 1. The summed E-state index contributed by atoms with van der Waals surface area (Å²) in [4.78, 5) is 18.5. The molecule has 0 aliphatic heterocycles. The van der Waals surface area contributed by atoms with Gasteiger partial charge in [-0.1, -0.05) is 11.2 Å². The van der Waals surface area contributed by atoms with Crippen LogP contribution in [0.5, 0.6) is 0 Å². The molecule has 6 heteroatoms. The van der Waals surface area contributed by atoms with Gasteiger partial charge in [0.2, 0.25) is 0 Å². The van der Waals surface area contributed by atoms with Gasteiger partial charge in [-0.15, -0.1) is 0 Å². The molecule has 0 spiro atoms. The van der Waals surface area contributed by atoms with E-state index in [0.717, 1.165) is 0 Å². The second-order valence-corrected chi connectivity index (χ2v) is 3.15. The normalized spacial score (nSPS) is 8.10. The Balaban J connectivity index is 0. The van der Waals surface area contributed by atoms with Crippen molar-refractivity contribution in [1.82, 2.24) is 0 Å². The van der Waals surface area contributed by atoms with Crippen LogP contribution in [0.2, 0.25) is 0 Å². The zero-order valence-electron chi connectivity index (χ0n) is 5.46. The van der Waals surface area contributed by atoms with Crippen LogP contribution in [0.4, 0.5) is 0 Å². The topological polar surface area (TPSA) is 77.4 Å². The van der Waals surface area contributed by atoms with Gasteiger partial charge in [0.15, 0.2) is 0 Å². The molecule has 10 heavy (non-hydrogen) atoms. The van der Waals surface area contributed by atoms with Crippen molar-refractivity contribution < 1.29 is 19.2 Å². The molecule has 0 aromatic carbocycles.